The van der Waals surface area contributed by atoms with Gasteiger partial charge in [-0.2, -0.15) is 5.26 Å². The number of halogens is 1. The zero-order valence-corrected chi connectivity index (χ0v) is 14.6. The van der Waals surface area contributed by atoms with Crippen LogP contribution in [-0.2, 0) is 4.79 Å². The third kappa shape index (κ3) is 4.57. The van der Waals surface area contributed by atoms with E-state index in [9.17, 15) is 4.79 Å². The molecule has 0 aliphatic carbocycles. The number of nitrogens with zero attached hydrogens (tertiary/aromatic N) is 2. The molecule has 1 aromatic heterocycles. The van der Waals surface area contributed by atoms with Crippen molar-refractivity contribution in [1.29, 1.82) is 5.26 Å². The molecule has 2 aromatic carbocycles. The van der Waals surface area contributed by atoms with Crippen LogP contribution in [-0.4, -0.2) is 17.4 Å². The molecule has 7 heteroatoms. The Bertz CT molecular complexity index is 913. The van der Waals surface area contributed by atoms with Crippen molar-refractivity contribution in [3.05, 3.63) is 64.5 Å². The van der Waals surface area contributed by atoms with Gasteiger partial charge in [0.05, 0.1) is 23.9 Å². The quantitative estimate of drug-likeness (QED) is 0.700. The lowest BCUT2D eigenvalue weighted by atomic mass is 10.2. The van der Waals surface area contributed by atoms with E-state index < -0.39 is 0 Å². The standard InChI is InChI=1S/C18H13ClN4OS/c19-14-5-3-13(4-6-14)16-11-25-18(22-16)23-17(24)10-21-15-7-1-12(9-20)2-8-15/h1-8,11,21H,10H2,(H,22,23,24). The summed E-state index contributed by atoms with van der Waals surface area (Å²) < 4.78 is 0. The zero-order chi connectivity index (χ0) is 17.6. The van der Waals surface area contributed by atoms with E-state index in [0.29, 0.717) is 15.7 Å². The summed E-state index contributed by atoms with van der Waals surface area (Å²) in [6.45, 7) is 0.113. The molecule has 3 rings (SSSR count). The number of carbonyl (C=O) groups is 1. The minimum atomic E-state index is -0.193. The second kappa shape index (κ2) is 7.79. The van der Waals surface area contributed by atoms with Gasteiger partial charge in [-0.1, -0.05) is 23.7 Å². The van der Waals surface area contributed by atoms with Crippen molar-refractivity contribution in [3.8, 4) is 17.3 Å². The Morgan fingerprint density at radius 1 is 1.16 bits per heavy atom. The van der Waals surface area contributed by atoms with Crippen LogP contribution >= 0.6 is 22.9 Å². The zero-order valence-electron chi connectivity index (χ0n) is 13.0. The number of rotatable bonds is 5. The summed E-state index contributed by atoms with van der Waals surface area (Å²) in [6.07, 6.45) is 0. The number of benzene rings is 2. The van der Waals surface area contributed by atoms with Gasteiger partial charge in [0, 0.05) is 21.7 Å². The van der Waals surface area contributed by atoms with Crippen molar-refractivity contribution >= 4 is 39.7 Å². The third-order valence-corrected chi connectivity index (χ3v) is 4.37. The van der Waals surface area contributed by atoms with Crippen molar-refractivity contribution in [2.24, 2.45) is 0 Å². The molecule has 124 valence electrons. The van der Waals surface area contributed by atoms with Crippen molar-refractivity contribution < 1.29 is 4.79 Å². The van der Waals surface area contributed by atoms with E-state index in [1.165, 1.54) is 11.3 Å². The number of anilines is 2. The predicted octanol–water partition coefficient (Wildman–Crippen LogP) is 4.39. The van der Waals surface area contributed by atoms with Gasteiger partial charge in [0.25, 0.3) is 0 Å². The molecule has 2 N–H and O–H groups in total. The number of carbonyl (C=O) groups excluding carboxylic acids is 1. The van der Waals surface area contributed by atoms with E-state index in [2.05, 4.69) is 15.6 Å². The van der Waals surface area contributed by atoms with Crippen molar-refractivity contribution in [1.82, 2.24) is 4.98 Å². The van der Waals surface area contributed by atoms with Gasteiger partial charge in [0.15, 0.2) is 5.13 Å². The van der Waals surface area contributed by atoms with Gasteiger partial charge in [0.2, 0.25) is 5.91 Å². The highest BCUT2D eigenvalue weighted by Gasteiger charge is 2.08. The van der Waals surface area contributed by atoms with Gasteiger partial charge in [-0.25, -0.2) is 4.98 Å². The van der Waals surface area contributed by atoms with Gasteiger partial charge in [0.1, 0.15) is 0 Å². The van der Waals surface area contributed by atoms with E-state index in [0.717, 1.165) is 16.9 Å². The Labute approximate surface area is 153 Å². The van der Waals surface area contributed by atoms with E-state index in [4.69, 9.17) is 16.9 Å². The second-order valence-electron chi connectivity index (χ2n) is 5.14. The number of thiazole rings is 1. The number of hydrogen-bond donors (Lipinski definition) is 2. The molecule has 0 fully saturated rings. The van der Waals surface area contributed by atoms with Gasteiger partial charge in [-0.05, 0) is 36.4 Å². The summed E-state index contributed by atoms with van der Waals surface area (Å²) in [6, 6.07) is 16.3. The fraction of sp³-hybridized carbons (Fsp3) is 0.0556. The number of hydrogen-bond acceptors (Lipinski definition) is 5. The van der Waals surface area contributed by atoms with Gasteiger partial charge in [-0.3, -0.25) is 4.79 Å². The summed E-state index contributed by atoms with van der Waals surface area (Å²) in [4.78, 5) is 16.4. The molecule has 1 heterocycles. The normalized spacial score (nSPS) is 10.1. The molecule has 0 spiro atoms. The first-order chi connectivity index (χ1) is 12.1. The largest absolute Gasteiger partial charge is 0.376 e. The highest BCUT2D eigenvalue weighted by Crippen LogP contribution is 2.25. The van der Waals surface area contributed by atoms with Crippen LogP contribution in [0.15, 0.2) is 53.9 Å². The smallest absolute Gasteiger partial charge is 0.245 e. The SMILES string of the molecule is N#Cc1ccc(NCC(=O)Nc2nc(-c3ccc(Cl)cc3)cs2)cc1. The Morgan fingerprint density at radius 3 is 2.56 bits per heavy atom. The number of aromatic nitrogens is 1. The van der Waals surface area contributed by atoms with Crippen LogP contribution in [0.1, 0.15) is 5.56 Å². The fourth-order valence-corrected chi connectivity index (χ4v) is 2.95. The molecule has 5 nitrogen and oxygen atoms in total. The predicted molar refractivity (Wildman–Crippen MR) is 101 cm³/mol. The summed E-state index contributed by atoms with van der Waals surface area (Å²) in [7, 11) is 0. The van der Waals surface area contributed by atoms with Crippen LogP contribution in [0, 0.1) is 11.3 Å². The fourth-order valence-electron chi connectivity index (χ4n) is 2.09. The number of amides is 1. The van der Waals surface area contributed by atoms with Crippen LogP contribution in [0.25, 0.3) is 11.3 Å². The lowest BCUT2D eigenvalue weighted by Gasteiger charge is -2.06. The lowest BCUT2D eigenvalue weighted by molar-refractivity contribution is -0.114. The Morgan fingerprint density at radius 2 is 1.88 bits per heavy atom. The Hall–Kier alpha value is -2.88. The lowest BCUT2D eigenvalue weighted by Crippen LogP contribution is -2.21. The molecule has 0 radical (unpaired) electrons. The topological polar surface area (TPSA) is 77.8 Å². The highest BCUT2D eigenvalue weighted by molar-refractivity contribution is 7.14. The first-order valence-corrected chi connectivity index (χ1v) is 8.65. The van der Waals surface area contributed by atoms with Crippen LogP contribution in [0.3, 0.4) is 0 Å². The van der Waals surface area contributed by atoms with Gasteiger partial charge < -0.3 is 10.6 Å². The molecule has 0 saturated heterocycles. The minimum Gasteiger partial charge on any atom is -0.376 e. The summed E-state index contributed by atoms with van der Waals surface area (Å²) in [5, 5.41) is 17.6. The average Bonchev–Trinajstić information content (AvgIpc) is 3.09. The van der Waals surface area contributed by atoms with Gasteiger partial charge in [-0.15, -0.1) is 11.3 Å². The number of nitriles is 1. The summed E-state index contributed by atoms with van der Waals surface area (Å²) in [5.74, 6) is -0.193. The monoisotopic (exact) mass is 368 g/mol. The Balaban J connectivity index is 1.56. The van der Waals surface area contributed by atoms with Crippen LogP contribution in [0.5, 0.6) is 0 Å². The number of nitrogens with one attached hydrogen (secondary N) is 2. The maximum Gasteiger partial charge on any atom is 0.245 e. The van der Waals surface area contributed by atoms with Crippen LogP contribution in [0.4, 0.5) is 10.8 Å². The van der Waals surface area contributed by atoms with Crippen molar-refractivity contribution in [2.45, 2.75) is 0 Å². The van der Waals surface area contributed by atoms with Gasteiger partial charge >= 0.3 is 0 Å². The maximum absolute atomic E-state index is 12.0. The molecule has 0 unspecified atom stereocenters. The maximum atomic E-state index is 12.0. The highest BCUT2D eigenvalue weighted by atomic mass is 35.5. The van der Waals surface area contributed by atoms with Crippen molar-refractivity contribution in [2.75, 3.05) is 17.2 Å². The van der Waals surface area contributed by atoms with E-state index in [-0.39, 0.29) is 12.5 Å². The summed E-state index contributed by atoms with van der Waals surface area (Å²) >= 11 is 7.24. The first kappa shape index (κ1) is 17.0. The third-order valence-electron chi connectivity index (χ3n) is 3.36. The van der Waals surface area contributed by atoms with Crippen molar-refractivity contribution in [3.63, 3.8) is 0 Å². The molecule has 0 aliphatic rings. The molecule has 0 bridgehead atoms. The van der Waals surface area contributed by atoms with E-state index in [1.54, 1.807) is 36.4 Å². The Kier molecular flexibility index (Phi) is 5.29. The van der Waals surface area contributed by atoms with E-state index >= 15 is 0 Å². The molecular weight excluding hydrogens is 356 g/mol. The first-order valence-electron chi connectivity index (χ1n) is 7.39. The molecule has 0 atom stereocenters. The summed E-state index contributed by atoms with van der Waals surface area (Å²) in [5.41, 5.74) is 3.08. The average molecular weight is 369 g/mol. The molecule has 0 aliphatic heterocycles. The van der Waals surface area contributed by atoms with Crippen LogP contribution < -0.4 is 10.6 Å². The molecular formula is C18H13ClN4OS. The van der Waals surface area contributed by atoms with E-state index in [1.807, 2.05) is 23.6 Å². The second-order valence-corrected chi connectivity index (χ2v) is 6.43. The molecule has 3 aromatic rings. The van der Waals surface area contributed by atoms with Crippen LogP contribution in [0.2, 0.25) is 5.02 Å². The molecule has 1 amide bonds. The molecule has 25 heavy (non-hydrogen) atoms. The molecule has 0 saturated carbocycles. The minimum absolute atomic E-state index is 0.113.